The predicted octanol–water partition coefficient (Wildman–Crippen LogP) is 2.95. The summed E-state index contributed by atoms with van der Waals surface area (Å²) < 4.78 is 44.3. The van der Waals surface area contributed by atoms with Crippen LogP contribution >= 0.6 is 0 Å². The Morgan fingerprint density at radius 3 is 2.48 bits per heavy atom. The molecule has 1 amide bonds. The van der Waals surface area contributed by atoms with E-state index in [-0.39, 0.29) is 17.0 Å². The fraction of sp³-hybridized carbons (Fsp3) is 0.0714. The number of hydrogen-bond donors (Lipinski definition) is 2. The molecule has 0 aliphatic carbocycles. The zero-order valence-corrected chi connectivity index (χ0v) is 10.9. The number of halogens is 3. The Balaban J connectivity index is 2.33. The highest BCUT2D eigenvalue weighted by atomic mass is 19.2. The topological polar surface area (TPSA) is 64.3 Å². The van der Waals surface area contributed by atoms with Crippen molar-refractivity contribution in [3.8, 4) is 5.75 Å². The molecule has 0 heterocycles. The number of nitrogens with one attached hydrogen (secondary N) is 1. The zero-order valence-electron chi connectivity index (χ0n) is 10.9. The van der Waals surface area contributed by atoms with Crippen LogP contribution in [0.3, 0.4) is 0 Å². The van der Waals surface area contributed by atoms with E-state index in [2.05, 4.69) is 5.32 Å². The molecule has 0 saturated heterocycles. The Labute approximate surface area is 118 Å². The Morgan fingerprint density at radius 1 is 1.14 bits per heavy atom. The SMILES string of the molecule is COc1cccc(C(=O)Nc2cc(F)c(F)cc2F)c1N. The molecule has 0 aromatic heterocycles. The van der Waals surface area contributed by atoms with E-state index >= 15 is 0 Å². The van der Waals surface area contributed by atoms with E-state index in [1.54, 1.807) is 6.07 Å². The fourth-order valence-corrected chi connectivity index (χ4v) is 1.73. The summed E-state index contributed by atoms with van der Waals surface area (Å²) in [6.45, 7) is 0. The minimum atomic E-state index is -1.34. The first-order valence-electron chi connectivity index (χ1n) is 5.82. The number of nitrogens with two attached hydrogens (primary N) is 1. The first-order chi connectivity index (χ1) is 9.93. The molecule has 2 aromatic rings. The van der Waals surface area contributed by atoms with Gasteiger partial charge in [0.05, 0.1) is 24.0 Å². The van der Waals surface area contributed by atoms with Crippen LogP contribution in [0.25, 0.3) is 0 Å². The maximum atomic E-state index is 13.5. The van der Waals surface area contributed by atoms with E-state index in [0.29, 0.717) is 12.1 Å². The lowest BCUT2D eigenvalue weighted by molar-refractivity contribution is 0.102. The van der Waals surface area contributed by atoms with E-state index in [0.717, 1.165) is 0 Å². The van der Waals surface area contributed by atoms with Crippen LogP contribution in [0, 0.1) is 17.5 Å². The molecule has 4 nitrogen and oxygen atoms in total. The number of benzene rings is 2. The van der Waals surface area contributed by atoms with Gasteiger partial charge in [0, 0.05) is 12.1 Å². The van der Waals surface area contributed by atoms with Gasteiger partial charge in [-0.3, -0.25) is 4.79 Å². The summed E-state index contributed by atoms with van der Waals surface area (Å²) in [4.78, 5) is 12.0. The third-order valence-corrected chi connectivity index (χ3v) is 2.79. The van der Waals surface area contributed by atoms with Crippen molar-refractivity contribution in [3.05, 3.63) is 53.3 Å². The lowest BCUT2D eigenvalue weighted by Crippen LogP contribution is -2.15. The third kappa shape index (κ3) is 2.91. The Kier molecular flexibility index (Phi) is 4.02. The van der Waals surface area contributed by atoms with Crippen LogP contribution in [-0.2, 0) is 0 Å². The maximum absolute atomic E-state index is 13.5. The molecule has 0 fully saturated rings. The van der Waals surface area contributed by atoms with E-state index in [9.17, 15) is 18.0 Å². The van der Waals surface area contributed by atoms with Gasteiger partial charge in [-0.05, 0) is 12.1 Å². The van der Waals surface area contributed by atoms with Crippen LogP contribution in [0.5, 0.6) is 5.75 Å². The number of methoxy groups -OCH3 is 1. The fourth-order valence-electron chi connectivity index (χ4n) is 1.73. The quantitative estimate of drug-likeness (QED) is 0.676. The van der Waals surface area contributed by atoms with E-state index < -0.39 is 29.0 Å². The van der Waals surface area contributed by atoms with Crippen LogP contribution in [0.1, 0.15) is 10.4 Å². The van der Waals surface area contributed by atoms with Gasteiger partial charge in [-0.2, -0.15) is 0 Å². The van der Waals surface area contributed by atoms with Crippen molar-refractivity contribution in [3.63, 3.8) is 0 Å². The van der Waals surface area contributed by atoms with Crippen LogP contribution in [-0.4, -0.2) is 13.0 Å². The van der Waals surface area contributed by atoms with E-state index in [1.165, 1.54) is 19.2 Å². The normalized spacial score (nSPS) is 10.3. The smallest absolute Gasteiger partial charge is 0.257 e. The summed E-state index contributed by atoms with van der Waals surface area (Å²) in [5, 5.41) is 2.13. The average Bonchev–Trinajstić information content (AvgIpc) is 2.44. The first-order valence-corrected chi connectivity index (χ1v) is 5.82. The molecule has 2 aromatic carbocycles. The molecule has 3 N–H and O–H groups in total. The molecule has 0 spiro atoms. The average molecular weight is 296 g/mol. The van der Waals surface area contributed by atoms with Gasteiger partial charge < -0.3 is 15.8 Å². The molecule has 0 unspecified atom stereocenters. The molecular weight excluding hydrogens is 285 g/mol. The molecule has 21 heavy (non-hydrogen) atoms. The number of carbonyl (C=O) groups is 1. The molecule has 0 aliphatic heterocycles. The van der Waals surface area contributed by atoms with Crippen LogP contribution in [0.15, 0.2) is 30.3 Å². The molecule has 7 heteroatoms. The summed E-state index contributed by atoms with van der Waals surface area (Å²) in [5.41, 5.74) is 5.32. The Hall–Kier alpha value is -2.70. The lowest BCUT2D eigenvalue weighted by atomic mass is 10.1. The standard InChI is InChI=1S/C14H11F3N2O2/c1-21-12-4-2-3-7(13(12)18)14(20)19-11-6-9(16)8(15)5-10(11)17/h2-6H,18H2,1H3,(H,19,20). The molecule has 110 valence electrons. The number of nitrogen functional groups attached to an aromatic ring is 1. The summed E-state index contributed by atoms with van der Waals surface area (Å²) in [5.74, 6) is -4.20. The van der Waals surface area contributed by atoms with Crippen molar-refractivity contribution in [2.75, 3.05) is 18.2 Å². The number of rotatable bonds is 3. The summed E-state index contributed by atoms with van der Waals surface area (Å²) in [6, 6.07) is 5.36. The predicted molar refractivity (Wildman–Crippen MR) is 71.7 cm³/mol. The molecule has 2 rings (SSSR count). The number of anilines is 2. The van der Waals surface area contributed by atoms with Crippen LogP contribution in [0.4, 0.5) is 24.5 Å². The molecule has 0 atom stereocenters. The summed E-state index contributed by atoms with van der Waals surface area (Å²) >= 11 is 0. The second kappa shape index (κ2) is 5.74. The highest BCUT2D eigenvalue weighted by Crippen LogP contribution is 2.26. The van der Waals surface area contributed by atoms with E-state index in [1.807, 2.05) is 0 Å². The molecule has 0 saturated carbocycles. The highest BCUT2D eigenvalue weighted by Gasteiger charge is 2.16. The van der Waals surface area contributed by atoms with Gasteiger partial charge in [-0.1, -0.05) is 6.07 Å². The van der Waals surface area contributed by atoms with Crippen molar-refractivity contribution in [1.29, 1.82) is 0 Å². The van der Waals surface area contributed by atoms with Crippen molar-refractivity contribution < 1.29 is 22.7 Å². The van der Waals surface area contributed by atoms with Crippen molar-refractivity contribution in [1.82, 2.24) is 0 Å². The van der Waals surface area contributed by atoms with Crippen molar-refractivity contribution >= 4 is 17.3 Å². The van der Waals surface area contributed by atoms with Gasteiger partial charge >= 0.3 is 0 Å². The number of carbonyl (C=O) groups excluding carboxylic acids is 1. The van der Waals surface area contributed by atoms with Crippen molar-refractivity contribution in [2.45, 2.75) is 0 Å². The van der Waals surface area contributed by atoms with Gasteiger partial charge in [-0.25, -0.2) is 13.2 Å². The Morgan fingerprint density at radius 2 is 1.81 bits per heavy atom. The van der Waals surface area contributed by atoms with E-state index in [4.69, 9.17) is 10.5 Å². The second-order valence-electron chi connectivity index (χ2n) is 4.12. The van der Waals surface area contributed by atoms with Gasteiger partial charge in [0.25, 0.3) is 5.91 Å². The van der Waals surface area contributed by atoms with Gasteiger partial charge in [0.15, 0.2) is 11.6 Å². The first kappa shape index (κ1) is 14.7. The molecule has 0 radical (unpaired) electrons. The van der Waals surface area contributed by atoms with Gasteiger partial charge in [-0.15, -0.1) is 0 Å². The number of hydrogen-bond acceptors (Lipinski definition) is 3. The van der Waals surface area contributed by atoms with Crippen molar-refractivity contribution in [2.24, 2.45) is 0 Å². The maximum Gasteiger partial charge on any atom is 0.257 e. The van der Waals surface area contributed by atoms with Gasteiger partial charge in [0.2, 0.25) is 0 Å². The minimum Gasteiger partial charge on any atom is -0.495 e. The summed E-state index contributed by atoms with van der Waals surface area (Å²) in [7, 11) is 1.38. The third-order valence-electron chi connectivity index (χ3n) is 2.79. The second-order valence-corrected chi connectivity index (χ2v) is 4.12. The molecule has 0 aliphatic rings. The highest BCUT2D eigenvalue weighted by molar-refractivity contribution is 6.08. The Bertz CT molecular complexity index is 705. The number of ether oxygens (including phenoxy) is 1. The lowest BCUT2D eigenvalue weighted by Gasteiger charge is -2.11. The zero-order chi connectivity index (χ0) is 15.6. The number of amides is 1. The van der Waals surface area contributed by atoms with Gasteiger partial charge in [0.1, 0.15) is 11.6 Å². The largest absolute Gasteiger partial charge is 0.495 e. The minimum absolute atomic E-state index is 0.0264. The van der Waals surface area contributed by atoms with Crippen LogP contribution in [0.2, 0.25) is 0 Å². The van der Waals surface area contributed by atoms with Crippen LogP contribution < -0.4 is 15.8 Å². The summed E-state index contributed by atoms with van der Waals surface area (Å²) in [6.07, 6.45) is 0. The molecule has 0 bridgehead atoms. The number of para-hydroxylation sites is 1. The monoisotopic (exact) mass is 296 g/mol. The molecular formula is C14H11F3N2O2.